The number of aromatic nitrogens is 40. The predicted octanol–water partition coefficient (Wildman–Crippen LogP) is -15.3. The van der Waals surface area contributed by atoms with Crippen LogP contribution in [0.15, 0.2) is 25.3 Å². The van der Waals surface area contributed by atoms with Gasteiger partial charge in [-0.15, -0.1) is 5.10 Å². The summed E-state index contributed by atoms with van der Waals surface area (Å²) in [6, 6.07) is 0. The van der Waals surface area contributed by atoms with Gasteiger partial charge in [-0.2, -0.15) is 36.5 Å². The third-order valence-electron chi connectivity index (χ3n) is 6.84. The molecule has 28 N–H and O–H groups in total. The average Bonchev–Trinajstić information content (AvgIpc) is 4.15. The molecule has 0 aliphatic carbocycles. The summed E-state index contributed by atoms with van der Waals surface area (Å²) in [5.41, 5.74) is 3.92. The largest absolute Gasteiger partial charge is 2.00 e. The van der Waals surface area contributed by atoms with Crippen molar-refractivity contribution in [1.29, 1.82) is 0 Å². The molecule has 0 fully saturated rings. The van der Waals surface area contributed by atoms with E-state index < -0.39 is 0 Å². The van der Waals surface area contributed by atoms with Crippen molar-refractivity contribution in [2.24, 2.45) is 0 Å². The second kappa shape index (κ2) is 33.6. The third-order valence-corrected chi connectivity index (χ3v) is 6.84. The molecule has 12 rings (SSSR count). The number of hydrogen-bond acceptors (Lipinski definition) is 28. The maximum atomic E-state index is 4.02. The Kier molecular flexibility index (Phi) is 32.6. The molecule has 0 aliphatic heterocycles. The van der Waals surface area contributed by atoms with Crippen molar-refractivity contribution in [1.82, 2.24) is 205 Å². The molecule has 0 aromatic carbocycles. The summed E-state index contributed by atoms with van der Waals surface area (Å²) in [7, 11) is 0. The molecular formula is C20H32Mn4N40O8+8. The molecule has 0 atom stereocenters. The summed E-state index contributed by atoms with van der Waals surface area (Å²) >= 11 is 0. The first-order chi connectivity index (χ1) is 29.8. The number of nitrogens with zero attached hydrogens (tertiary/aromatic N) is 36. The summed E-state index contributed by atoms with van der Waals surface area (Å²) < 4.78 is 0. The van der Waals surface area contributed by atoms with Crippen LogP contribution >= 0.6 is 0 Å². The van der Waals surface area contributed by atoms with E-state index in [1.54, 1.807) is 0 Å². The number of hydrogen-bond donors (Lipinski definition) is 4. The van der Waals surface area contributed by atoms with E-state index in [0.29, 0.717) is 92.1 Å². The Balaban J connectivity index is -0.000000406. The molecule has 72 heavy (non-hydrogen) atoms. The van der Waals surface area contributed by atoms with Crippen molar-refractivity contribution in [2.45, 2.75) is 0 Å². The molecule has 52 heteroatoms. The summed E-state index contributed by atoms with van der Waals surface area (Å²) in [5.74, 6) is 2.57. The van der Waals surface area contributed by atoms with Gasteiger partial charge in [-0.25, -0.2) is 20.1 Å². The first kappa shape index (κ1) is 69.7. The van der Waals surface area contributed by atoms with Gasteiger partial charge in [0.2, 0.25) is 0 Å². The van der Waals surface area contributed by atoms with Crippen LogP contribution in [0.4, 0.5) is 0 Å². The topological polar surface area (TPSA) is 801 Å². The van der Waals surface area contributed by atoms with Crippen molar-refractivity contribution >= 4 is 0 Å². The maximum absolute atomic E-state index is 4.02. The molecule has 4 radical (unpaired) electrons. The Morgan fingerprint density at radius 3 is 0.875 bits per heavy atom. The van der Waals surface area contributed by atoms with Gasteiger partial charge in [-0.05, 0) is 16.1 Å². The second-order valence-corrected chi connectivity index (χ2v) is 10.1. The Bertz CT molecular complexity index is 2400. The normalized spacial score (nSPS) is 8.89. The van der Waals surface area contributed by atoms with Gasteiger partial charge in [-0.1, -0.05) is 6.33 Å². The van der Waals surface area contributed by atoms with Crippen LogP contribution < -0.4 is 40.7 Å². The van der Waals surface area contributed by atoms with Crippen LogP contribution in [0.2, 0.25) is 0 Å². The van der Waals surface area contributed by atoms with Crippen LogP contribution in [0.1, 0.15) is 0 Å². The Hall–Kier alpha value is -8.84. The van der Waals surface area contributed by atoms with Gasteiger partial charge >= 0.3 is 68.3 Å². The zero-order chi connectivity index (χ0) is 40.4. The van der Waals surface area contributed by atoms with Gasteiger partial charge in [0.15, 0.2) is 5.82 Å². The molecule has 48 nitrogen and oxygen atoms in total. The third kappa shape index (κ3) is 15.6. The molecule has 0 amide bonds. The van der Waals surface area contributed by atoms with E-state index in [1.165, 1.54) is 25.3 Å². The van der Waals surface area contributed by atoms with Crippen LogP contribution in [0.5, 0.6) is 0 Å². The van der Waals surface area contributed by atoms with Crippen molar-refractivity contribution in [3.05, 3.63) is 25.3 Å². The second-order valence-electron chi connectivity index (χ2n) is 10.1. The fourth-order valence-electron chi connectivity index (χ4n) is 4.46. The number of nitrogens with one attached hydrogen (secondary N) is 4. The van der Waals surface area contributed by atoms with Gasteiger partial charge in [0.1, 0.15) is 17.1 Å². The van der Waals surface area contributed by atoms with Gasteiger partial charge in [0.25, 0.3) is 0 Å². The Morgan fingerprint density at radius 1 is 0.319 bits per heavy atom. The Labute approximate surface area is 432 Å². The van der Waals surface area contributed by atoms with E-state index in [0.717, 1.165) is 0 Å². The molecule has 0 bridgehead atoms. The van der Waals surface area contributed by atoms with E-state index in [9.17, 15) is 0 Å². The van der Waals surface area contributed by atoms with Crippen LogP contribution in [-0.2, 0) is 112 Å². The molecule has 0 aliphatic rings. The molecule has 380 valence electrons. The van der Waals surface area contributed by atoms with Crippen LogP contribution in [0.25, 0.3) is 92.1 Å². The van der Waals surface area contributed by atoms with Gasteiger partial charge < -0.3 is 104 Å². The molecule has 0 saturated carbocycles. The molecular weight excluding hydrogens is 1150 g/mol. The minimum Gasteiger partial charge on any atom is -0.457 e. The number of H-pyrrole nitrogens is 4. The minimum absolute atomic E-state index is 0. The van der Waals surface area contributed by atoms with Gasteiger partial charge in [-0.3, -0.25) is 72.2 Å². The smallest absolute Gasteiger partial charge is 0.457 e. The molecule has 0 unspecified atom stereocenters. The predicted molar refractivity (Wildman–Crippen MR) is 210 cm³/mol. The summed E-state index contributed by atoms with van der Waals surface area (Å²) in [4.78, 5) is 28.6. The SMILES string of the molecule is [Mn+2].[Mn+2].[Mn+2].[Mn+2].[OH3+].[OH3+].[OH3+].[OH3+].[OH3+].[OH3+].[OH3+].[OH3+].c1nc(-c2nnn[n-]2)c(-c2nnn[n-]2)[nH]1.c1nc(-c2nnn[n-]2)c(-c2nnn[n-]2)[nH]1.c1nc(-c2nnn[n-]2)c(-c2nnn[n-]2)[nH]1.c1nc(-c2nnn[n-]2)c(-c2nnn[nH]2)[n-]1. The number of tetrazole rings is 8. The van der Waals surface area contributed by atoms with Crippen LogP contribution in [0, 0.1) is 0 Å². The van der Waals surface area contributed by atoms with E-state index in [1.807, 2.05) is 0 Å². The zero-order valence-corrected chi connectivity index (χ0v) is 39.3. The average molecular weight is 1180 g/mol. The fourth-order valence-corrected chi connectivity index (χ4v) is 4.46. The van der Waals surface area contributed by atoms with E-state index in [-0.39, 0.29) is 112 Å². The van der Waals surface area contributed by atoms with Crippen molar-refractivity contribution < 1.29 is 112 Å². The molecule has 0 spiro atoms. The molecule has 0 saturated heterocycles. The van der Waals surface area contributed by atoms with E-state index >= 15 is 0 Å². The number of aromatic amines is 4. The van der Waals surface area contributed by atoms with Crippen molar-refractivity contribution in [2.75, 3.05) is 0 Å². The molecule has 12 aromatic heterocycles. The van der Waals surface area contributed by atoms with Crippen LogP contribution in [-0.4, -0.2) is 164 Å². The zero-order valence-electron chi connectivity index (χ0n) is 34.5. The number of imidazole rings is 4. The summed E-state index contributed by atoms with van der Waals surface area (Å²) in [6.45, 7) is 0. The fraction of sp³-hybridized carbons (Fsp3) is 0. The molecule has 12 aromatic rings. The first-order valence-electron chi connectivity index (χ1n) is 15.5. The monoisotopic (exact) mass is 1180 g/mol. The van der Waals surface area contributed by atoms with Crippen LogP contribution in [0.3, 0.4) is 0 Å². The van der Waals surface area contributed by atoms with Crippen molar-refractivity contribution in [3.63, 3.8) is 0 Å². The van der Waals surface area contributed by atoms with E-state index in [4.69, 9.17) is 0 Å². The Morgan fingerprint density at radius 2 is 0.611 bits per heavy atom. The maximum Gasteiger partial charge on any atom is 2.00 e. The van der Waals surface area contributed by atoms with Gasteiger partial charge in [0.05, 0.1) is 71.0 Å². The summed E-state index contributed by atoms with van der Waals surface area (Å²) in [6.07, 6.45) is 5.77. The number of rotatable bonds is 8. The quantitative estimate of drug-likeness (QED) is 0.0810. The first-order valence-corrected chi connectivity index (χ1v) is 15.5. The molecule has 12 heterocycles. The minimum atomic E-state index is 0. The van der Waals surface area contributed by atoms with Crippen molar-refractivity contribution in [3.8, 4) is 92.1 Å². The standard InChI is InChI=1S/4C5H2N10.4Mn.8H2O/c4*1-6-2(4-8-12-13-9-4)3(7-1)5-10-14-15-11-5;;;;;;;;;;;;/h4*1H,(H-2,6,7,8,9,10,11,12,13,14,15);;;;;8*1H2/q4*-2;4*+2;;;;;;;;/p+8. The van der Waals surface area contributed by atoms with Gasteiger partial charge in [0, 0.05) is 11.5 Å². The van der Waals surface area contributed by atoms with E-state index in [2.05, 4.69) is 205 Å². The summed E-state index contributed by atoms with van der Waals surface area (Å²) in [5, 5.41) is 112.